The van der Waals surface area contributed by atoms with E-state index in [1.54, 1.807) is 0 Å². The molecule has 3 rings (SSSR count). The lowest BCUT2D eigenvalue weighted by Crippen LogP contribution is -2.60. The number of nitrogens with zero attached hydrogens (tertiary/aromatic N) is 2. The summed E-state index contributed by atoms with van der Waals surface area (Å²) >= 11 is 0. The van der Waals surface area contributed by atoms with E-state index in [1.807, 2.05) is 28.0 Å². The van der Waals surface area contributed by atoms with E-state index in [1.165, 1.54) is 5.56 Å². The van der Waals surface area contributed by atoms with Gasteiger partial charge >= 0.3 is 0 Å². The van der Waals surface area contributed by atoms with E-state index in [4.69, 9.17) is 0 Å². The molecule has 0 bridgehead atoms. The molecule has 1 aromatic rings. The summed E-state index contributed by atoms with van der Waals surface area (Å²) in [5.74, 6) is 0.416. The standard InChI is InChI=1S/C17H24N2O3S/c1-17(2)13-19(16(17)14-6-4-3-5-7-14)15(20)12-18-8-10-23(21,22)11-9-18/h3-7,16H,8-13H2,1-2H3. The number of carbonyl (C=O) groups excluding carboxylic acids is 1. The minimum absolute atomic E-state index is 0.0717. The van der Waals surface area contributed by atoms with Crippen molar-refractivity contribution in [3.05, 3.63) is 35.9 Å². The van der Waals surface area contributed by atoms with Crippen LogP contribution in [0.4, 0.5) is 0 Å². The van der Waals surface area contributed by atoms with Gasteiger partial charge in [0.2, 0.25) is 5.91 Å². The van der Waals surface area contributed by atoms with Gasteiger partial charge in [0.1, 0.15) is 0 Å². The molecule has 2 fully saturated rings. The molecule has 0 radical (unpaired) electrons. The minimum atomic E-state index is -2.90. The SMILES string of the molecule is CC1(C)CN(C(=O)CN2CCS(=O)(=O)CC2)C1c1ccccc1. The van der Waals surface area contributed by atoms with Gasteiger partial charge in [0.05, 0.1) is 24.1 Å². The van der Waals surface area contributed by atoms with Crippen molar-refractivity contribution in [2.45, 2.75) is 19.9 Å². The molecule has 126 valence electrons. The molecule has 1 atom stereocenters. The summed E-state index contributed by atoms with van der Waals surface area (Å²) in [5.41, 5.74) is 1.24. The molecule has 1 amide bonds. The van der Waals surface area contributed by atoms with Crippen LogP contribution in [0.5, 0.6) is 0 Å². The second kappa shape index (κ2) is 5.91. The van der Waals surface area contributed by atoms with Crippen LogP contribution >= 0.6 is 0 Å². The molecule has 2 aliphatic rings. The first-order valence-electron chi connectivity index (χ1n) is 8.06. The maximum absolute atomic E-state index is 12.7. The highest BCUT2D eigenvalue weighted by Crippen LogP contribution is 2.48. The summed E-state index contributed by atoms with van der Waals surface area (Å²) in [6.45, 7) is 6.35. The number of benzene rings is 1. The Morgan fingerprint density at radius 2 is 1.78 bits per heavy atom. The quantitative estimate of drug-likeness (QED) is 0.835. The van der Waals surface area contributed by atoms with Crippen molar-refractivity contribution in [2.24, 2.45) is 5.41 Å². The molecule has 0 N–H and O–H groups in total. The molecule has 23 heavy (non-hydrogen) atoms. The number of hydrogen-bond donors (Lipinski definition) is 0. The van der Waals surface area contributed by atoms with Gasteiger partial charge < -0.3 is 4.90 Å². The molecule has 0 saturated carbocycles. The lowest BCUT2D eigenvalue weighted by Gasteiger charge is -2.55. The van der Waals surface area contributed by atoms with Gasteiger partial charge in [-0.1, -0.05) is 44.2 Å². The molecular weight excluding hydrogens is 312 g/mol. The van der Waals surface area contributed by atoms with Crippen molar-refractivity contribution in [1.29, 1.82) is 0 Å². The molecule has 0 aromatic heterocycles. The van der Waals surface area contributed by atoms with Gasteiger partial charge in [-0.3, -0.25) is 9.69 Å². The zero-order valence-corrected chi connectivity index (χ0v) is 14.6. The van der Waals surface area contributed by atoms with E-state index >= 15 is 0 Å². The predicted molar refractivity (Wildman–Crippen MR) is 89.8 cm³/mol. The highest BCUT2D eigenvalue weighted by Gasteiger charge is 2.48. The van der Waals surface area contributed by atoms with Gasteiger partial charge in [-0.2, -0.15) is 0 Å². The third kappa shape index (κ3) is 3.43. The number of carbonyl (C=O) groups is 1. The molecule has 6 heteroatoms. The Labute approximate surface area is 138 Å². The molecular formula is C17H24N2O3S. The number of hydrogen-bond acceptors (Lipinski definition) is 4. The van der Waals surface area contributed by atoms with Crippen molar-refractivity contribution >= 4 is 15.7 Å². The molecule has 2 saturated heterocycles. The van der Waals surface area contributed by atoms with E-state index in [0.29, 0.717) is 19.6 Å². The molecule has 2 heterocycles. The molecule has 2 aliphatic heterocycles. The maximum Gasteiger partial charge on any atom is 0.237 e. The van der Waals surface area contributed by atoms with Crippen LogP contribution in [0.15, 0.2) is 30.3 Å². The minimum Gasteiger partial charge on any atom is -0.333 e. The van der Waals surface area contributed by atoms with E-state index in [-0.39, 0.29) is 28.9 Å². The Bertz CT molecular complexity index is 671. The van der Waals surface area contributed by atoms with Crippen LogP contribution in [-0.2, 0) is 14.6 Å². The van der Waals surface area contributed by atoms with Crippen molar-refractivity contribution < 1.29 is 13.2 Å². The fourth-order valence-electron chi connectivity index (χ4n) is 3.62. The van der Waals surface area contributed by atoms with Gasteiger partial charge in [-0.15, -0.1) is 0 Å². The molecule has 0 aliphatic carbocycles. The summed E-state index contributed by atoms with van der Waals surface area (Å²) in [6.07, 6.45) is 0. The first-order chi connectivity index (χ1) is 10.8. The number of sulfone groups is 1. The second-order valence-corrected chi connectivity index (χ2v) is 9.56. The fourth-order valence-corrected chi connectivity index (χ4v) is 4.89. The van der Waals surface area contributed by atoms with Gasteiger partial charge in [0, 0.05) is 25.0 Å². The Balaban J connectivity index is 1.66. The fraction of sp³-hybridized carbons (Fsp3) is 0.588. The predicted octanol–water partition coefficient (Wildman–Crippen LogP) is 1.33. The van der Waals surface area contributed by atoms with Crippen molar-refractivity contribution in [3.63, 3.8) is 0 Å². The van der Waals surface area contributed by atoms with E-state index in [2.05, 4.69) is 26.0 Å². The average molecular weight is 336 g/mol. The van der Waals surface area contributed by atoms with E-state index in [0.717, 1.165) is 6.54 Å². The van der Waals surface area contributed by atoms with Gasteiger partial charge in [0.25, 0.3) is 0 Å². The smallest absolute Gasteiger partial charge is 0.237 e. The maximum atomic E-state index is 12.7. The Morgan fingerprint density at radius 3 is 2.35 bits per heavy atom. The van der Waals surface area contributed by atoms with E-state index < -0.39 is 9.84 Å². The molecule has 0 spiro atoms. The highest BCUT2D eigenvalue weighted by atomic mass is 32.2. The van der Waals surface area contributed by atoms with Crippen LogP contribution in [-0.4, -0.2) is 61.8 Å². The van der Waals surface area contributed by atoms with Crippen molar-refractivity contribution in [1.82, 2.24) is 9.80 Å². The topological polar surface area (TPSA) is 57.7 Å². The normalized spacial score (nSPS) is 26.5. The average Bonchev–Trinajstić information content (AvgIpc) is 2.48. The van der Waals surface area contributed by atoms with Gasteiger partial charge in [-0.25, -0.2) is 8.42 Å². The highest BCUT2D eigenvalue weighted by molar-refractivity contribution is 7.91. The molecule has 5 nitrogen and oxygen atoms in total. The van der Waals surface area contributed by atoms with Crippen LogP contribution in [0, 0.1) is 5.41 Å². The largest absolute Gasteiger partial charge is 0.333 e. The van der Waals surface area contributed by atoms with Crippen LogP contribution in [0.3, 0.4) is 0 Å². The van der Waals surface area contributed by atoms with Gasteiger partial charge in [-0.05, 0) is 5.56 Å². The third-order valence-corrected chi connectivity index (χ3v) is 6.47. The summed E-state index contributed by atoms with van der Waals surface area (Å²) in [4.78, 5) is 16.5. The zero-order valence-electron chi connectivity index (χ0n) is 13.7. The van der Waals surface area contributed by atoms with E-state index in [9.17, 15) is 13.2 Å². The Hall–Kier alpha value is -1.40. The molecule has 1 unspecified atom stereocenters. The lowest BCUT2D eigenvalue weighted by molar-refractivity contribution is -0.153. The zero-order chi connectivity index (χ0) is 16.7. The van der Waals surface area contributed by atoms with Crippen LogP contribution < -0.4 is 0 Å². The Morgan fingerprint density at radius 1 is 1.17 bits per heavy atom. The monoisotopic (exact) mass is 336 g/mol. The van der Waals surface area contributed by atoms with Crippen molar-refractivity contribution in [3.8, 4) is 0 Å². The lowest BCUT2D eigenvalue weighted by atomic mass is 9.71. The number of likely N-dealkylation sites (tertiary alicyclic amines) is 1. The Kier molecular flexibility index (Phi) is 4.23. The molecule has 1 aromatic carbocycles. The second-order valence-electron chi connectivity index (χ2n) is 7.25. The summed E-state index contributed by atoms with van der Waals surface area (Å²) in [6, 6.07) is 10.2. The third-order valence-electron chi connectivity index (χ3n) is 4.86. The van der Waals surface area contributed by atoms with Crippen LogP contribution in [0.2, 0.25) is 0 Å². The number of amides is 1. The summed E-state index contributed by atoms with van der Waals surface area (Å²) in [7, 11) is -2.90. The first kappa shape index (κ1) is 16.5. The van der Waals surface area contributed by atoms with Gasteiger partial charge in [0.15, 0.2) is 9.84 Å². The van der Waals surface area contributed by atoms with Crippen LogP contribution in [0.1, 0.15) is 25.5 Å². The summed E-state index contributed by atoms with van der Waals surface area (Å²) < 4.78 is 23.0. The number of rotatable bonds is 3. The summed E-state index contributed by atoms with van der Waals surface area (Å²) in [5, 5.41) is 0. The van der Waals surface area contributed by atoms with Crippen molar-refractivity contribution in [2.75, 3.05) is 37.7 Å². The van der Waals surface area contributed by atoms with Crippen LogP contribution in [0.25, 0.3) is 0 Å². The first-order valence-corrected chi connectivity index (χ1v) is 9.88.